The smallest absolute Gasteiger partial charge is 0.237 e. The van der Waals surface area contributed by atoms with Gasteiger partial charge < -0.3 is 10.2 Å². The highest BCUT2D eigenvalue weighted by Gasteiger charge is 2.32. The van der Waals surface area contributed by atoms with E-state index in [-0.39, 0.29) is 18.3 Å². The van der Waals surface area contributed by atoms with Crippen molar-refractivity contribution in [1.29, 1.82) is 0 Å². The second kappa shape index (κ2) is 3.60. The van der Waals surface area contributed by atoms with Gasteiger partial charge in [0.2, 0.25) is 5.91 Å². The molecule has 0 spiro atoms. The van der Waals surface area contributed by atoms with Gasteiger partial charge in [-0.2, -0.15) is 0 Å². The number of likely N-dealkylation sites (N-methyl/N-ethyl adjacent to an activating group) is 1. The van der Waals surface area contributed by atoms with E-state index in [0.717, 1.165) is 19.8 Å². The van der Waals surface area contributed by atoms with Crippen LogP contribution in [0.15, 0.2) is 0 Å². The predicted molar refractivity (Wildman–Crippen MR) is 48.2 cm³/mol. The summed E-state index contributed by atoms with van der Waals surface area (Å²) >= 11 is 0. The van der Waals surface area contributed by atoms with Crippen LogP contribution in [0.2, 0.25) is 0 Å². The summed E-state index contributed by atoms with van der Waals surface area (Å²) < 4.78 is 0. The molecule has 2 aliphatic heterocycles. The summed E-state index contributed by atoms with van der Waals surface area (Å²) in [7, 11) is 1.86. The Morgan fingerprint density at radius 2 is 2.17 bits per heavy atom. The summed E-state index contributed by atoms with van der Waals surface area (Å²) in [4.78, 5) is 15.1. The van der Waals surface area contributed by atoms with E-state index in [4.69, 9.17) is 0 Å². The fourth-order valence-corrected chi connectivity index (χ4v) is 1.47. The molecule has 5 heteroatoms. The van der Waals surface area contributed by atoms with Crippen LogP contribution in [0.4, 0.5) is 0 Å². The SMILES string of the molecule is CN1CN(C2CNC2)CC1=O.Cl. The maximum Gasteiger partial charge on any atom is 0.237 e. The van der Waals surface area contributed by atoms with Crippen molar-refractivity contribution in [3.05, 3.63) is 0 Å². The third kappa shape index (κ3) is 1.55. The van der Waals surface area contributed by atoms with Gasteiger partial charge in [-0.3, -0.25) is 9.69 Å². The maximum atomic E-state index is 11.1. The number of nitrogens with one attached hydrogen (secondary N) is 1. The molecule has 12 heavy (non-hydrogen) atoms. The average molecular weight is 192 g/mol. The van der Waals surface area contributed by atoms with Crippen LogP contribution in [0, 0.1) is 0 Å². The van der Waals surface area contributed by atoms with E-state index in [1.54, 1.807) is 4.90 Å². The molecule has 0 saturated carbocycles. The van der Waals surface area contributed by atoms with Crippen LogP contribution in [0.3, 0.4) is 0 Å². The van der Waals surface area contributed by atoms with Crippen molar-refractivity contribution in [2.75, 3.05) is 33.4 Å². The van der Waals surface area contributed by atoms with Crippen LogP contribution in [-0.2, 0) is 4.79 Å². The fourth-order valence-electron chi connectivity index (χ4n) is 1.47. The molecule has 1 N–H and O–H groups in total. The molecular weight excluding hydrogens is 178 g/mol. The molecule has 1 amide bonds. The van der Waals surface area contributed by atoms with Gasteiger partial charge in [-0.1, -0.05) is 0 Å². The Morgan fingerprint density at radius 1 is 1.50 bits per heavy atom. The Balaban J connectivity index is 0.000000720. The zero-order valence-electron chi connectivity index (χ0n) is 7.12. The second-order valence-electron chi connectivity index (χ2n) is 3.29. The third-order valence-electron chi connectivity index (χ3n) is 2.43. The van der Waals surface area contributed by atoms with Crippen molar-refractivity contribution in [1.82, 2.24) is 15.1 Å². The molecule has 0 aromatic rings. The van der Waals surface area contributed by atoms with Gasteiger partial charge in [0.05, 0.1) is 13.2 Å². The largest absolute Gasteiger partial charge is 0.332 e. The lowest BCUT2D eigenvalue weighted by Crippen LogP contribution is -2.56. The molecule has 0 aliphatic carbocycles. The first kappa shape index (κ1) is 9.77. The first-order valence-corrected chi connectivity index (χ1v) is 3.96. The summed E-state index contributed by atoms with van der Waals surface area (Å²) in [6, 6.07) is 0.601. The minimum absolute atomic E-state index is 0. The number of nitrogens with zero attached hydrogens (tertiary/aromatic N) is 2. The number of hydrogen-bond acceptors (Lipinski definition) is 3. The minimum atomic E-state index is 0. The predicted octanol–water partition coefficient (Wildman–Crippen LogP) is -0.888. The second-order valence-corrected chi connectivity index (χ2v) is 3.29. The van der Waals surface area contributed by atoms with Gasteiger partial charge >= 0.3 is 0 Å². The van der Waals surface area contributed by atoms with E-state index in [9.17, 15) is 4.79 Å². The van der Waals surface area contributed by atoms with Crippen molar-refractivity contribution in [3.63, 3.8) is 0 Å². The molecule has 2 rings (SSSR count). The topological polar surface area (TPSA) is 35.6 Å². The lowest BCUT2D eigenvalue weighted by Gasteiger charge is -2.34. The average Bonchev–Trinajstić information content (AvgIpc) is 2.08. The molecule has 0 aromatic carbocycles. The molecule has 0 atom stereocenters. The highest BCUT2D eigenvalue weighted by atomic mass is 35.5. The Bertz CT molecular complexity index is 183. The zero-order chi connectivity index (χ0) is 7.84. The van der Waals surface area contributed by atoms with Gasteiger partial charge in [-0.15, -0.1) is 12.4 Å². The van der Waals surface area contributed by atoms with Crippen LogP contribution in [-0.4, -0.2) is 55.1 Å². The van der Waals surface area contributed by atoms with Gasteiger partial charge in [0, 0.05) is 26.2 Å². The van der Waals surface area contributed by atoms with Gasteiger partial charge in [0.15, 0.2) is 0 Å². The Labute approximate surface area is 78.3 Å². The molecule has 0 unspecified atom stereocenters. The Kier molecular flexibility index (Phi) is 2.93. The lowest BCUT2D eigenvalue weighted by atomic mass is 10.1. The van der Waals surface area contributed by atoms with Crippen LogP contribution >= 0.6 is 12.4 Å². The van der Waals surface area contributed by atoms with Crippen LogP contribution in [0.5, 0.6) is 0 Å². The number of halogens is 1. The highest BCUT2D eigenvalue weighted by Crippen LogP contribution is 2.11. The van der Waals surface area contributed by atoms with E-state index in [1.807, 2.05) is 7.05 Å². The molecule has 0 radical (unpaired) electrons. The molecule has 2 heterocycles. The van der Waals surface area contributed by atoms with Gasteiger partial charge in [-0.05, 0) is 0 Å². The first-order valence-electron chi connectivity index (χ1n) is 3.96. The first-order chi connectivity index (χ1) is 5.27. The zero-order valence-corrected chi connectivity index (χ0v) is 7.93. The summed E-state index contributed by atoms with van der Waals surface area (Å²) in [6.07, 6.45) is 0. The normalized spacial score (nSPS) is 25.4. The van der Waals surface area contributed by atoms with Gasteiger partial charge in [0.25, 0.3) is 0 Å². The quantitative estimate of drug-likeness (QED) is 0.585. The molecule has 0 aromatic heterocycles. The Morgan fingerprint density at radius 3 is 2.50 bits per heavy atom. The van der Waals surface area contributed by atoms with Crippen LogP contribution in [0.25, 0.3) is 0 Å². The lowest BCUT2D eigenvalue weighted by molar-refractivity contribution is -0.125. The van der Waals surface area contributed by atoms with Crippen molar-refractivity contribution < 1.29 is 4.79 Å². The van der Waals surface area contributed by atoms with Crippen molar-refractivity contribution in [2.24, 2.45) is 0 Å². The van der Waals surface area contributed by atoms with E-state index < -0.39 is 0 Å². The van der Waals surface area contributed by atoms with E-state index in [2.05, 4.69) is 10.2 Å². The number of carbonyl (C=O) groups is 1. The summed E-state index contributed by atoms with van der Waals surface area (Å²) in [5.74, 6) is 0.247. The standard InChI is InChI=1S/C7H13N3O.ClH/c1-9-5-10(4-7(9)11)6-2-8-3-6;/h6,8H,2-5H2,1H3;1H. The molecule has 2 aliphatic rings. The molecular formula is C7H14ClN3O. The monoisotopic (exact) mass is 191 g/mol. The molecule has 2 fully saturated rings. The molecule has 4 nitrogen and oxygen atoms in total. The van der Waals surface area contributed by atoms with E-state index in [0.29, 0.717) is 12.6 Å². The van der Waals surface area contributed by atoms with Crippen molar-refractivity contribution in [3.8, 4) is 0 Å². The summed E-state index contributed by atoms with van der Waals surface area (Å²) in [5.41, 5.74) is 0. The maximum absolute atomic E-state index is 11.1. The number of carbonyl (C=O) groups excluding carboxylic acids is 1. The number of rotatable bonds is 1. The van der Waals surface area contributed by atoms with Gasteiger partial charge in [-0.25, -0.2) is 0 Å². The van der Waals surface area contributed by atoms with Crippen molar-refractivity contribution in [2.45, 2.75) is 6.04 Å². The highest BCUT2D eigenvalue weighted by molar-refractivity contribution is 5.85. The summed E-state index contributed by atoms with van der Waals surface area (Å²) in [6.45, 7) is 3.51. The van der Waals surface area contributed by atoms with E-state index in [1.165, 1.54) is 0 Å². The van der Waals surface area contributed by atoms with Crippen molar-refractivity contribution >= 4 is 18.3 Å². The summed E-state index contributed by atoms with van der Waals surface area (Å²) in [5, 5.41) is 3.20. The molecule has 70 valence electrons. The minimum Gasteiger partial charge on any atom is -0.332 e. The van der Waals surface area contributed by atoms with Gasteiger partial charge in [0.1, 0.15) is 0 Å². The van der Waals surface area contributed by atoms with Crippen LogP contribution in [0.1, 0.15) is 0 Å². The fraction of sp³-hybridized carbons (Fsp3) is 0.857. The molecule has 2 saturated heterocycles. The number of amides is 1. The Hall–Kier alpha value is -0.320. The third-order valence-corrected chi connectivity index (χ3v) is 2.43. The van der Waals surface area contributed by atoms with E-state index >= 15 is 0 Å². The number of hydrogen-bond donors (Lipinski definition) is 1. The molecule has 0 bridgehead atoms. The van der Waals surface area contributed by atoms with Crippen LogP contribution < -0.4 is 5.32 Å².